The first-order valence-electron chi connectivity index (χ1n) is 4.78. The van der Waals surface area contributed by atoms with Gasteiger partial charge in [-0.15, -0.1) is 0 Å². The van der Waals surface area contributed by atoms with Gasteiger partial charge in [0, 0.05) is 0 Å². The van der Waals surface area contributed by atoms with Crippen molar-refractivity contribution in [3.63, 3.8) is 0 Å². The number of rotatable bonds is 2. The molecule has 7 heteroatoms. The highest BCUT2D eigenvalue weighted by Gasteiger charge is 2.24. The molecule has 0 unspecified atom stereocenters. The first kappa shape index (κ1) is 10.6. The van der Waals surface area contributed by atoms with E-state index in [1.54, 1.807) is 10.9 Å². The van der Waals surface area contributed by atoms with Gasteiger partial charge in [0.25, 0.3) is 0 Å². The van der Waals surface area contributed by atoms with Crippen molar-refractivity contribution in [3.05, 3.63) is 20.8 Å². The average Bonchev–Trinajstić information content (AvgIpc) is 2.62. The Labute approximate surface area is 94.9 Å². The fourth-order valence-electron chi connectivity index (χ4n) is 1.74. The largest absolute Gasteiger partial charge is 0.404 e. The fourth-order valence-corrected chi connectivity index (χ4v) is 2.18. The van der Waals surface area contributed by atoms with Crippen molar-refractivity contribution in [3.8, 4) is 0 Å². The second-order valence-electron chi connectivity index (χ2n) is 3.52. The van der Waals surface area contributed by atoms with Crippen LogP contribution in [-0.2, 0) is 0 Å². The highest BCUT2D eigenvalue weighted by atomic mass is 79.9. The molecular weight excluding hydrogens is 264 g/mol. The van der Waals surface area contributed by atoms with E-state index in [9.17, 15) is 10.1 Å². The van der Waals surface area contributed by atoms with Gasteiger partial charge in [0.15, 0.2) is 0 Å². The average molecular weight is 275 g/mol. The van der Waals surface area contributed by atoms with Crippen LogP contribution in [0.5, 0.6) is 0 Å². The molecule has 0 radical (unpaired) electrons. The van der Waals surface area contributed by atoms with Crippen molar-refractivity contribution in [2.24, 2.45) is 0 Å². The normalized spacial score (nSPS) is 17.9. The third-order valence-electron chi connectivity index (χ3n) is 2.53. The Kier molecular flexibility index (Phi) is 3.01. The van der Waals surface area contributed by atoms with Gasteiger partial charge in [-0.2, -0.15) is 4.68 Å². The number of nitrogens with one attached hydrogen (secondary N) is 1. The Hall–Kier alpha value is -0.950. The molecule has 82 valence electrons. The summed E-state index contributed by atoms with van der Waals surface area (Å²) in [5, 5.41) is 17.8. The lowest BCUT2D eigenvalue weighted by Crippen LogP contribution is -2.29. The Morgan fingerprint density at radius 3 is 2.80 bits per heavy atom. The van der Waals surface area contributed by atoms with Crippen molar-refractivity contribution in [2.45, 2.75) is 18.9 Å². The molecule has 0 bridgehead atoms. The van der Waals surface area contributed by atoms with E-state index in [4.69, 9.17) is 0 Å². The maximum absolute atomic E-state index is 10.6. The summed E-state index contributed by atoms with van der Waals surface area (Å²) in [6, 6.07) is 0.274. The molecule has 0 aliphatic carbocycles. The van der Waals surface area contributed by atoms with E-state index in [0.717, 1.165) is 25.9 Å². The summed E-state index contributed by atoms with van der Waals surface area (Å²) in [5.41, 5.74) is 0. The van der Waals surface area contributed by atoms with Crippen molar-refractivity contribution >= 4 is 21.7 Å². The summed E-state index contributed by atoms with van der Waals surface area (Å²) in [7, 11) is 0. The first-order valence-corrected chi connectivity index (χ1v) is 5.57. The Morgan fingerprint density at radius 1 is 1.60 bits per heavy atom. The monoisotopic (exact) mass is 274 g/mol. The number of aromatic nitrogens is 2. The molecule has 1 aromatic rings. The number of hydrogen-bond acceptors (Lipinski definition) is 4. The summed E-state index contributed by atoms with van der Waals surface area (Å²) in [6.45, 7) is 1.88. The zero-order chi connectivity index (χ0) is 10.8. The van der Waals surface area contributed by atoms with Crippen LogP contribution in [0.3, 0.4) is 0 Å². The minimum Gasteiger partial charge on any atom is -0.358 e. The van der Waals surface area contributed by atoms with E-state index in [0.29, 0.717) is 4.47 Å². The van der Waals surface area contributed by atoms with Crippen LogP contribution in [0.2, 0.25) is 0 Å². The third-order valence-corrected chi connectivity index (χ3v) is 3.08. The maximum Gasteiger partial charge on any atom is 0.404 e. The minimum absolute atomic E-state index is 0.103. The van der Waals surface area contributed by atoms with Crippen molar-refractivity contribution < 1.29 is 4.92 Å². The molecule has 1 saturated heterocycles. The van der Waals surface area contributed by atoms with Gasteiger partial charge in [-0.25, -0.2) is 0 Å². The minimum atomic E-state index is -0.471. The number of nitro groups is 1. The third kappa shape index (κ3) is 2.18. The molecule has 1 aliphatic heterocycles. The summed E-state index contributed by atoms with van der Waals surface area (Å²) in [6.07, 6.45) is 3.62. The van der Waals surface area contributed by atoms with E-state index in [1.165, 1.54) is 0 Å². The Balaban J connectivity index is 2.21. The molecule has 1 aliphatic rings. The molecule has 0 spiro atoms. The number of piperidine rings is 1. The Bertz CT molecular complexity index is 373. The molecule has 0 saturated carbocycles. The smallest absolute Gasteiger partial charge is 0.358 e. The van der Waals surface area contributed by atoms with Crippen LogP contribution >= 0.6 is 15.9 Å². The predicted molar refractivity (Wildman–Crippen MR) is 57.7 cm³/mol. The van der Waals surface area contributed by atoms with E-state index in [2.05, 4.69) is 26.3 Å². The summed E-state index contributed by atoms with van der Waals surface area (Å²) >= 11 is 3.14. The summed E-state index contributed by atoms with van der Waals surface area (Å²) in [4.78, 5) is 10.1. The lowest BCUT2D eigenvalue weighted by Gasteiger charge is -2.20. The SMILES string of the molecule is O=[N+]([O-])c1nn(C2CCNCC2)cc1Br. The molecular formula is C8H11BrN4O2. The molecule has 1 N–H and O–H groups in total. The van der Waals surface area contributed by atoms with Crippen LogP contribution in [0.25, 0.3) is 0 Å². The molecule has 2 rings (SSSR count). The van der Waals surface area contributed by atoms with E-state index < -0.39 is 4.92 Å². The second-order valence-corrected chi connectivity index (χ2v) is 4.37. The highest BCUT2D eigenvalue weighted by Crippen LogP contribution is 2.26. The van der Waals surface area contributed by atoms with E-state index in [-0.39, 0.29) is 11.9 Å². The number of nitrogens with zero attached hydrogens (tertiary/aromatic N) is 3. The van der Waals surface area contributed by atoms with Gasteiger partial charge in [0.2, 0.25) is 0 Å². The lowest BCUT2D eigenvalue weighted by molar-refractivity contribution is -0.390. The fraction of sp³-hybridized carbons (Fsp3) is 0.625. The number of halogens is 1. The molecule has 1 aromatic heterocycles. The standard InChI is InChI=1S/C8H11BrN4O2/c9-7-5-12(11-8(7)13(14)15)6-1-3-10-4-2-6/h5-6,10H,1-4H2. The summed E-state index contributed by atoms with van der Waals surface area (Å²) in [5.74, 6) is -0.103. The van der Waals surface area contributed by atoms with Gasteiger partial charge in [0.05, 0.1) is 17.3 Å². The highest BCUT2D eigenvalue weighted by molar-refractivity contribution is 9.10. The van der Waals surface area contributed by atoms with Gasteiger partial charge >= 0.3 is 5.82 Å². The van der Waals surface area contributed by atoms with Crippen molar-refractivity contribution in [2.75, 3.05) is 13.1 Å². The van der Waals surface area contributed by atoms with Crippen LogP contribution in [-0.4, -0.2) is 27.8 Å². The van der Waals surface area contributed by atoms with Crippen molar-refractivity contribution in [1.82, 2.24) is 15.1 Å². The zero-order valence-corrected chi connectivity index (χ0v) is 9.61. The van der Waals surface area contributed by atoms with Gasteiger partial charge in [0.1, 0.15) is 4.47 Å². The maximum atomic E-state index is 10.6. The van der Waals surface area contributed by atoms with Crippen LogP contribution in [0, 0.1) is 10.1 Å². The molecule has 0 atom stereocenters. The van der Waals surface area contributed by atoms with Crippen LogP contribution in [0.15, 0.2) is 10.7 Å². The van der Waals surface area contributed by atoms with Crippen molar-refractivity contribution in [1.29, 1.82) is 0 Å². The van der Waals surface area contributed by atoms with Gasteiger partial charge in [-0.3, -0.25) is 0 Å². The van der Waals surface area contributed by atoms with E-state index >= 15 is 0 Å². The molecule has 1 fully saturated rings. The molecule has 15 heavy (non-hydrogen) atoms. The molecule has 0 amide bonds. The van der Waals surface area contributed by atoms with Crippen LogP contribution < -0.4 is 5.32 Å². The molecule has 2 heterocycles. The topological polar surface area (TPSA) is 73.0 Å². The zero-order valence-electron chi connectivity index (χ0n) is 8.02. The molecule has 0 aromatic carbocycles. The molecule has 6 nitrogen and oxygen atoms in total. The second kappa shape index (κ2) is 4.28. The quantitative estimate of drug-likeness (QED) is 0.655. The van der Waals surface area contributed by atoms with Gasteiger partial charge < -0.3 is 15.4 Å². The van der Waals surface area contributed by atoms with Gasteiger partial charge in [-0.1, -0.05) is 0 Å². The predicted octanol–water partition coefficient (Wildman–Crippen LogP) is 1.48. The van der Waals surface area contributed by atoms with Gasteiger partial charge in [-0.05, 0) is 46.8 Å². The lowest BCUT2D eigenvalue weighted by atomic mass is 10.1. The Morgan fingerprint density at radius 2 is 2.27 bits per heavy atom. The number of hydrogen-bond donors (Lipinski definition) is 1. The first-order chi connectivity index (χ1) is 7.18. The van der Waals surface area contributed by atoms with Crippen LogP contribution in [0.1, 0.15) is 18.9 Å². The van der Waals surface area contributed by atoms with Crippen LogP contribution in [0.4, 0.5) is 5.82 Å². The summed E-state index contributed by atoms with van der Waals surface area (Å²) < 4.78 is 2.15. The van der Waals surface area contributed by atoms with E-state index in [1.807, 2.05) is 0 Å².